The number of likely N-dealkylation sites (N-methyl/N-ethyl adjacent to an activating group) is 1. The fourth-order valence-electron chi connectivity index (χ4n) is 6.73. The molecule has 39 heavy (non-hydrogen) atoms. The summed E-state index contributed by atoms with van der Waals surface area (Å²) in [5, 5.41) is 20.2. The Balaban J connectivity index is 1.38. The summed E-state index contributed by atoms with van der Waals surface area (Å²) in [6, 6.07) is 13.8. The van der Waals surface area contributed by atoms with E-state index >= 15 is 0 Å². The Morgan fingerprint density at radius 2 is 1.77 bits per heavy atom. The van der Waals surface area contributed by atoms with Gasteiger partial charge in [0.15, 0.2) is 11.8 Å². The van der Waals surface area contributed by atoms with E-state index in [1.165, 1.54) is 28.2 Å². The monoisotopic (exact) mass is 526 g/mol. The maximum Gasteiger partial charge on any atom is 0.329 e. The lowest BCUT2D eigenvalue weighted by molar-refractivity contribution is -0.401. The van der Waals surface area contributed by atoms with Gasteiger partial charge in [0.1, 0.15) is 7.05 Å². The van der Waals surface area contributed by atoms with E-state index in [2.05, 4.69) is 118 Å². The lowest BCUT2D eigenvalue weighted by atomic mass is 9.81. The number of anilines is 2. The first-order chi connectivity index (χ1) is 18.5. The van der Waals surface area contributed by atoms with Crippen molar-refractivity contribution >= 4 is 28.7 Å². The van der Waals surface area contributed by atoms with Crippen molar-refractivity contribution in [2.24, 2.45) is 0 Å². The summed E-state index contributed by atoms with van der Waals surface area (Å²) in [5.74, 6) is -0.982. The number of rotatable bonds is 5. The Morgan fingerprint density at radius 1 is 1.03 bits per heavy atom. The Labute approximate surface area is 231 Å². The molecule has 0 bridgehead atoms. The number of carboxylic acids is 1. The number of aliphatic hydroxyl groups excluding tert-OH is 1. The van der Waals surface area contributed by atoms with Crippen LogP contribution in [0.25, 0.3) is 0 Å². The number of nitrogens with zero attached hydrogens (tertiary/aromatic N) is 3. The number of benzene rings is 2. The van der Waals surface area contributed by atoms with Crippen molar-refractivity contribution < 1.29 is 19.6 Å². The summed E-state index contributed by atoms with van der Waals surface area (Å²) in [6.07, 6.45) is 11.1. The van der Waals surface area contributed by atoms with Crippen LogP contribution >= 0.6 is 0 Å². The molecular formula is C33H40N3O3+. The molecule has 3 heterocycles. The maximum absolute atomic E-state index is 11.9. The molecule has 6 nitrogen and oxygen atoms in total. The number of aliphatic hydroxyl groups is 1. The first-order valence-corrected chi connectivity index (χ1v) is 13.8. The second-order valence-corrected chi connectivity index (χ2v) is 12.0. The van der Waals surface area contributed by atoms with Crippen LogP contribution in [0.1, 0.15) is 51.7 Å². The molecule has 0 aliphatic carbocycles. The van der Waals surface area contributed by atoms with Crippen LogP contribution in [0.3, 0.4) is 0 Å². The van der Waals surface area contributed by atoms with E-state index in [0.717, 1.165) is 17.8 Å². The highest BCUT2D eigenvalue weighted by Gasteiger charge is 2.43. The second-order valence-electron chi connectivity index (χ2n) is 12.0. The molecule has 0 amide bonds. The van der Waals surface area contributed by atoms with Gasteiger partial charge in [0, 0.05) is 53.8 Å². The van der Waals surface area contributed by atoms with E-state index < -0.39 is 18.1 Å². The SMILES string of the molecule is CN1C(=CC=CC=CC2=[N+](C)c3ccccc3C2(C)C)C(C)(C)c2ccc(N3CCCC(O)C3C(=O)O)cc21. The highest BCUT2D eigenvalue weighted by molar-refractivity contribution is 6.03. The summed E-state index contributed by atoms with van der Waals surface area (Å²) in [4.78, 5) is 16.0. The average molecular weight is 527 g/mol. The van der Waals surface area contributed by atoms with E-state index in [1.807, 2.05) is 11.0 Å². The van der Waals surface area contributed by atoms with Crippen molar-refractivity contribution in [2.45, 2.75) is 63.5 Å². The molecule has 2 N–H and O–H groups in total. The third-order valence-electron chi connectivity index (χ3n) is 8.87. The Morgan fingerprint density at radius 3 is 2.49 bits per heavy atom. The number of allylic oxidation sites excluding steroid dienone is 6. The van der Waals surface area contributed by atoms with E-state index in [-0.39, 0.29) is 10.8 Å². The van der Waals surface area contributed by atoms with Crippen LogP contribution < -0.4 is 9.80 Å². The lowest BCUT2D eigenvalue weighted by Crippen LogP contribution is -2.53. The zero-order valence-corrected chi connectivity index (χ0v) is 23.8. The summed E-state index contributed by atoms with van der Waals surface area (Å²) in [7, 11) is 4.19. The molecule has 2 aromatic rings. The number of fused-ring (bicyclic) bond motifs is 2. The third-order valence-corrected chi connectivity index (χ3v) is 8.87. The highest BCUT2D eigenvalue weighted by Crippen LogP contribution is 2.48. The minimum atomic E-state index is -0.982. The van der Waals surface area contributed by atoms with Gasteiger partial charge in [-0.15, -0.1) is 0 Å². The van der Waals surface area contributed by atoms with Gasteiger partial charge in [-0.2, -0.15) is 4.58 Å². The van der Waals surface area contributed by atoms with Gasteiger partial charge < -0.3 is 20.0 Å². The van der Waals surface area contributed by atoms with Crippen molar-refractivity contribution in [1.82, 2.24) is 0 Å². The smallest absolute Gasteiger partial charge is 0.329 e. The van der Waals surface area contributed by atoms with Crippen LogP contribution in [0.2, 0.25) is 0 Å². The van der Waals surface area contributed by atoms with Gasteiger partial charge in [-0.3, -0.25) is 0 Å². The summed E-state index contributed by atoms with van der Waals surface area (Å²) < 4.78 is 2.27. The molecule has 1 fully saturated rings. The molecule has 2 aromatic carbocycles. The van der Waals surface area contributed by atoms with Crippen LogP contribution in [0.15, 0.2) is 78.5 Å². The summed E-state index contributed by atoms with van der Waals surface area (Å²) >= 11 is 0. The van der Waals surface area contributed by atoms with E-state index in [9.17, 15) is 15.0 Å². The number of carbonyl (C=O) groups is 1. The molecule has 3 aliphatic heterocycles. The number of hydrogen-bond donors (Lipinski definition) is 2. The molecule has 6 heteroatoms. The molecule has 204 valence electrons. The fourth-order valence-corrected chi connectivity index (χ4v) is 6.73. The number of hydrogen-bond acceptors (Lipinski definition) is 4. The largest absolute Gasteiger partial charge is 0.480 e. The number of piperidine rings is 1. The predicted octanol–water partition coefficient (Wildman–Crippen LogP) is 5.53. The minimum absolute atomic E-state index is 0.0504. The summed E-state index contributed by atoms with van der Waals surface area (Å²) in [6.45, 7) is 9.60. The molecule has 2 unspecified atom stereocenters. The first kappa shape index (κ1) is 26.9. The summed E-state index contributed by atoms with van der Waals surface area (Å²) in [5.41, 5.74) is 7.90. The van der Waals surface area contributed by atoms with Gasteiger partial charge >= 0.3 is 5.97 Å². The van der Waals surface area contributed by atoms with E-state index in [1.54, 1.807) is 0 Å². The highest BCUT2D eigenvalue weighted by atomic mass is 16.4. The Hall–Kier alpha value is -3.64. The molecular weight excluding hydrogens is 486 g/mol. The third kappa shape index (κ3) is 4.41. The number of carboxylic acid groups (broad SMARTS) is 1. The molecule has 0 aromatic heterocycles. The average Bonchev–Trinajstić information content (AvgIpc) is 3.21. The van der Waals surface area contributed by atoms with Crippen LogP contribution in [-0.2, 0) is 15.6 Å². The molecule has 1 saturated heterocycles. The molecule has 0 radical (unpaired) electrons. The van der Waals surface area contributed by atoms with Crippen molar-refractivity contribution in [1.29, 1.82) is 0 Å². The van der Waals surface area contributed by atoms with Crippen LogP contribution in [0.5, 0.6) is 0 Å². The van der Waals surface area contributed by atoms with Gasteiger partial charge in [0.2, 0.25) is 5.69 Å². The zero-order chi connectivity index (χ0) is 28.1. The minimum Gasteiger partial charge on any atom is -0.480 e. The lowest BCUT2D eigenvalue weighted by Gasteiger charge is -2.38. The van der Waals surface area contributed by atoms with Crippen molar-refractivity contribution in [3.63, 3.8) is 0 Å². The maximum atomic E-state index is 11.9. The van der Waals surface area contributed by atoms with Crippen LogP contribution in [0, 0.1) is 0 Å². The van der Waals surface area contributed by atoms with Gasteiger partial charge in [-0.1, -0.05) is 56.3 Å². The quantitative estimate of drug-likeness (QED) is 0.396. The van der Waals surface area contributed by atoms with Crippen molar-refractivity contribution in [3.8, 4) is 0 Å². The van der Waals surface area contributed by atoms with Gasteiger partial charge in [0.05, 0.1) is 11.5 Å². The van der Waals surface area contributed by atoms with Crippen molar-refractivity contribution in [2.75, 3.05) is 30.4 Å². The van der Waals surface area contributed by atoms with E-state index in [4.69, 9.17) is 0 Å². The molecule has 0 saturated carbocycles. The Bertz CT molecular complexity index is 1430. The van der Waals surface area contributed by atoms with Crippen LogP contribution in [0.4, 0.5) is 17.1 Å². The topological polar surface area (TPSA) is 67.0 Å². The van der Waals surface area contributed by atoms with E-state index in [0.29, 0.717) is 13.0 Å². The predicted molar refractivity (Wildman–Crippen MR) is 159 cm³/mol. The number of para-hydroxylation sites is 1. The molecule has 5 rings (SSSR count). The standard InChI is InChI=1S/C33H39N3O3/c1-32(2)23-13-10-11-14-25(23)34(5)28(32)16-8-7-9-17-29-33(3,4)24-19-18-22(21-26(24)35(29)6)36-20-12-15-27(37)30(36)31(38)39/h7-11,13-14,16-19,21,27,30,37H,12,15,20H2,1-6H3/p+1. The van der Waals surface area contributed by atoms with Gasteiger partial charge in [-0.25, -0.2) is 4.79 Å². The second kappa shape index (κ2) is 9.83. The zero-order valence-electron chi connectivity index (χ0n) is 23.8. The van der Waals surface area contributed by atoms with Gasteiger partial charge in [0.25, 0.3) is 0 Å². The van der Waals surface area contributed by atoms with Crippen molar-refractivity contribution in [3.05, 3.63) is 89.7 Å². The fraction of sp³-hybridized carbons (Fsp3) is 0.394. The normalized spacial score (nSPS) is 24.7. The Kier molecular flexibility index (Phi) is 6.79. The van der Waals surface area contributed by atoms with Gasteiger partial charge in [-0.05, 0) is 50.5 Å². The van der Waals surface area contributed by atoms with Crippen LogP contribution in [-0.4, -0.2) is 59.3 Å². The molecule has 2 atom stereocenters. The first-order valence-electron chi connectivity index (χ1n) is 13.8. The molecule has 3 aliphatic rings. The number of aliphatic carboxylic acids is 1. The molecule has 0 spiro atoms.